The van der Waals surface area contributed by atoms with E-state index in [0.717, 1.165) is 30.3 Å². The summed E-state index contributed by atoms with van der Waals surface area (Å²) in [4.78, 5) is 29.1. The number of nitrogens with one attached hydrogen (secondary N) is 1. The van der Waals surface area contributed by atoms with Gasteiger partial charge in [0.15, 0.2) is 5.65 Å². The molecule has 0 bridgehead atoms. The van der Waals surface area contributed by atoms with E-state index in [-0.39, 0.29) is 11.9 Å². The summed E-state index contributed by atoms with van der Waals surface area (Å²) in [5.74, 6) is -1.34. The van der Waals surface area contributed by atoms with Gasteiger partial charge in [-0.2, -0.15) is 5.10 Å². The van der Waals surface area contributed by atoms with Crippen LogP contribution < -0.4 is 5.32 Å². The van der Waals surface area contributed by atoms with Crippen LogP contribution in [-0.4, -0.2) is 37.3 Å². The van der Waals surface area contributed by atoms with Gasteiger partial charge in [0, 0.05) is 11.4 Å². The van der Waals surface area contributed by atoms with Gasteiger partial charge in [-0.3, -0.25) is 4.79 Å². The number of carboxylic acid groups (broad SMARTS) is 1. The van der Waals surface area contributed by atoms with E-state index in [4.69, 9.17) is 0 Å². The minimum absolute atomic E-state index is 0.168. The Balaban J connectivity index is 1.94. The maximum absolute atomic E-state index is 12.8. The Labute approximate surface area is 146 Å². The molecule has 134 valence electrons. The summed E-state index contributed by atoms with van der Waals surface area (Å²) in [6.45, 7) is 5.80. The van der Waals surface area contributed by atoms with Gasteiger partial charge in [-0.1, -0.05) is 19.3 Å². The number of carbonyl (C=O) groups is 2. The quantitative estimate of drug-likeness (QED) is 0.889. The van der Waals surface area contributed by atoms with Crippen molar-refractivity contribution in [3.63, 3.8) is 0 Å². The summed E-state index contributed by atoms with van der Waals surface area (Å²) in [6, 6.07) is 1.92. The fourth-order valence-corrected chi connectivity index (χ4v) is 3.51. The molecule has 2 N–H and O–H groups in total. The summed E-state index contributed by atoms with van der Waals surface area (Å²) < 4.78 is 1.81. The lowest BCUT2D eigenvalue weighted by Gasteiger charge is -2.34. The van der Waals surface area contributed by atoms with Crippen molar-refractivity contribution >= 4 is 22.9 Å². The Hall–Kier alpha value is -2.44. The highest BCUT2D eigenvalue weighted by Gasteiger charge is 2.41. The largest absolute Gasteiger partial charge is 0.480 e. The van der Waals surface area contributed by atoms with Crippen molar-refractivity contribution in [3.05, 3.63) is 23.5 Å². The monoisotopic (exact) mass is 344 g/mol. The van der Waals surface area contributed by atoms with Crippen LogP contribution in [0.4, 0.5) is 0 Å². The van der Waals surface area contributed by atoms with Gasteiger partial charge < -0.3 is 10.4 Å². The zero-order valence-corrected chi connectivity index (χ0v) is 14.9. The lowest BCUT2D eigenvalue weighted by atomic mass is 9.81. The number of aromatic nitrogens is 3. The highest BCUT2D eigenvalue weighted by molar-refractivity contribution is 6.00. The fraction of sp³-hybridized carbons (Fsp3) is 0.556. The van der Waals surface area contributed by atoms with E-state index in [1.165, 1.54) is 0 Å². The van der Waals surface area contributed by atoms with E-state index in [1.807, 2.05) is 18.5 Å². The van der Waals surface area contributed by atoms with E-state index in [1.54, 1.807) is 19.2 Å². The molecule has 1 aliphatic rings. The number of carbonyl (C=O) groups excluding carboxylic acids is 1. The van der Waals surface area contributed by atoms with Crippen LogP contribution in [0.15, 0.2) is 12.3 Å². The maximum Gasteiger partial charge on any atom is 0.329 e. The fourth-order valence-electron chi connectivity index (χ4n) is 3.51. The highest BCUT2D eigenvalue weighted by Crippen LogP contribution is 2.29. The third-order valence-corrected chi connectivity index (χ3v) is 4.96. The molecule has 3 rings (SSSR count). The molecule has 0 radical (unpaired) electrons. The number of hydrogen-bond acceptors (Lipinski definition) is 4. The second-order valence-corrected chi connectivity index (χ2v) is 7.12. The molecule has 2 aromatic rings. The average Bonchev–Trinajstić information content (AvgIpc) is 2.97. The second-order valence-electron chi connectivity index (χ2n) is 7.12. The first-order valence-corrected chi connectivity index (χ1v) is 8.75. The molecule has 1 amide bonds. The second kappa shape index (κ2) is 6.46. The molecule has 25 heavy (non-hydrogen) atoms. The van der Waals surface area contributed by atoms with Gasteiger partial charge in [0.1, 0.15) is 5.54 Å². The number of amides is 1. The lowest BCUT2D eigenvalue weighted by molar-refractivity contribution is -0.145. The first-order chi connectivity index (χ1) is 11.8. The van der Waals surface area contributed by atoms with Gasteiger partial charge in [-0.05, 0) is 39.7 Å². The zero-order valence-electron chi connectivity index (χ0n) is 14.9. The van der Waals surface area contributed by atoms with Gasteiger partial charge in [-0.25, -0.2) is 14.5 Å². The Morgan fingerprint density at radius 3 is 2.56 bits per heavy atom. The van der Waals surface area contributed by atoms with E-state index in [0.29, 0.717) is 24.1 Å². The van der Waals surface area contributed by atoms with Crippen molar-refractivity contribution in [2.24, 2.45) is 0 Å². The first-order valence-electron chi connectivity index (χ1n) is 8.75. The summed E-state index contributed by atoms with van der Waals surface area (Å²) >= 11 is 0. The third kappa shape index (κ3) is 3.10. The Morgan fingerprint density at radius 2 is 1.96 bits per heavy atom. The minimum atomic E-state index is -1.17. The van der Waals surface area contributed by atoms with Crippen LogP contribution in [0.25, 0.3) is 11.0 Å². The predicted molar refractivity (Wildman–Crippen MR) is 93.6 cm³/mol. The van der Waals surface area contributed by atoms with E-state index < -0.39 is 11.5 Å². The molecule has 1 saturated carbocycles. The van der Waals surface area contributed by atoms with Crippen LogP contribution in [0.1, 0.15) is 68.0 Å². The summed E-state index contributed by atoms with van der Waals surface area (Å²) in [7, 11) is 0. The molecule has 1 aliphatic carbocycles. The van der Waals surface area contributed by atoms with Crippen LogP contribution in [0.5, 0.6) is 0 Å². The summed E-state index contributed by atoms with van der Waals surface area (Å²) in [6.07, 6.45) is 5.24. The molecule has 1 fully saturated rings. The number of hydrogen-bond donors (Lipinski definition) is 2. The molecule has 0 spiro atoms. The number of carboxylic acids is 1. The van der Waals surface area contributed by atoms with Crippen molar-refractivity contribution in [1.29, 1.82) is 0 Å². The molecule has 7 heteroatoms. The summed E-state index contributed by atoms with van der Waals surface area (Å²) in [5.41, 5.74) is 0.541. The van der Waals surface area contributed by atoms with Crippen LogP contribution in [0.2, 0.25) is 0 Å². The van der Waals surface area contributed by atoms with E-state index in [2.05, 4.69) is 15.4 Å². The molecule has 0 unspecified atom stereocenters. The summed E-state index contributed by atoms with van der Waals surface area (Å²) in [5, 5.41) is 17.5. The van der Waals surface area contributed by atoms with Crippen LogP contribution in [-0.2, 0) is 4.79 Å². The molecule has 0 aromatic carbocycles. The normalized spacial score (nSPS) is 17.0. The number of aliphatic carboxylic acids is 1. The van der Waals surface area contributed by atoms with Crippen LogP contribution in [0.3, 0.4) is 0 Å². The molecule has 0 saturated heterocycles. The van der Waals surface area contributed by atoms with Crippen molar-refractivity contribution in [2.75, 3.05) is 0 Å². The van der Waals surface area contributed by atoms with Gasteiger partial charge in [0.2, 0.25) is 0 Å². The lowest BCUT2D eigenvalue weighted by Crippen LogP contribution is -2.55. The van der Waals surface area contributed by atoms with Crippen molar-refractivity contribution in [2.45, 2.75) is 64.5 Å². The maximum atomic E-state index is 12.8. The van der Waals surface area contributed by atoms with Gasteiger partial charge in [0.05, 0.1) is 17.5 Å². The predicted octanol–water partition coefficient (Wildman–Crippen LogP) is 2.84. The van der Waals surface area contributed by atoms with Crippen molar-refractivity contribution < 1.29 is 14.7 Å². The van der Waals surface area contributed by atoms with Gasteiger partial charge >= 0.3 is 5.97 Å². The van der Waals surface area contributed by atoms with Crippen LogP contribution >= 0.6 is 0 Å². The van der Waals surface area contributed by atoms with Crippen molar-refractivity contribution in [3.8, 4) is 0 Å². The molecule has 2 heterocycles. The number of rotatable bonds is 4. The molecular formula is C18H24N4O3. The average molecular weight is 344 g/mol. The number of fused-ring (bicyclic) bond motifs is 1. The SMILES string of the molecule is Cc1nc2c(cnn2C(C)C)cc1C(=O)NC1(C(=O)O)CCCCC1. The van der Waals surface area contributed by atoms with Crippen molar-refractivity contribution in [1.82, 2.24) is 20.1 Å². The number of aryl methyl sites for hydroxylation is 1. The molecule has 2 aromatic heterocycles. The van der Waals surface area contributed by atoms with E-state index >= 15 is 0 Å². The van der Waals surface area contributed by atoms with Gasteiger partial charge in [-0.15, -0.1) is 0 Å². The minimum Gasteiger partial charge on any atom is -0.480 e. The molecule has 0 aliphatic heterocycles. The first kappa shape index (κ1) is 17.4. The Kier molecular flexibility index (Phi) is 4.49. The Morgan fingerprint density at radius 1 is 1.28 bits per heavy atom. The number of nitrogens with zero attached hydrogens (tertiary/aromatic N) is 3. The van der Waals surface area contributed by atoms with E-state index in [9.17, 15) is 14.7 Å². The molecule has 0 atom stereocenters. The zero-order chi connectivity index (χ0) is 18.2. The smallest absolute Gasteiger partial charge is 0.329 e. The highest BCUT2D eigenvalue weighted by atomic mass is 16.4. The third-order valence-electron chi connectivity index (χ3n) is 4.96. The number of pyridine rings is 1. The molecular weight excluding hydrogens is 320 g/mol. The molecule has 7 nitrogen and oxygen atoms in total. The van der Waals surface area contributed by atoms with Gasteiger partial charge in [0.25, 0.3) is 5.91 Å². The standard InChI is InChI=1S/C18H24N4O3/c1-11(2)22-15-13(10-19-22)9-14(12(3)20-15)16(23)21-18(17(24)25)7-5-4-6-8-18/h9-11H,4-8H2,1-3H3,(H,21,23)(H,24,25). The topological polar surface area (TPSA) is 97.1 Å². The van der Waals surface area contributed by atoms with Crippen LogP contribution in [0, 0.1) is 6.92 Å². The Bertz CT molecular complexity index is 819.